The first-order valence-corrected chi connectivity index (χ1v) is 23.4. The maximum atomic E-state index is 12.5. The van der Waals surface area contributed by atoms with Gasteiger partial charge < -0.3 is 25.7 Å². The minimum absolute atomic E-state index is 0.361. The highest BCUT2D eigenvalue weighted by Crippen LogP contribution is 2.15. The fourth-order valence-electron chi connectivity index (χ4n) is 7.08. The van der Waals surface area contributed by atoms with Gasteiger partial charge in [-0.05, 0) is 70.6 Å². The van der Waals surface area contributed by atoms with E-state index in [1.807, 2.05) is 0 Å². The van der Waals surface area contributed by atoms with Gasteiger partial charge in [-0.1, -0.05) is 198 Å². The number of aliphatic hydroxyl groups excluding tert-OH is 4. The molecule has 0 radical (unpaired) electrons. The molecule has 4 unspecified atom stereocenters. The molecule has 0 spiro atoms. The lowest BCUT2D eigenvalue weighted by Crippen LogP contribution is -2.53. The number of nitrogens with one attached hydrogen (secondary N) is 1. The number of aliphatic hydroxyl groups is 4. The second kappa shape index (κ2) is 42.7. The third-order valence-electron chi connectivity index (χ3n) is 10.8. The maximum Gasteiger partial charge on any atom is 0.249 e. The summed E-state index contributed by atoms with van der Waals surface area (Å²) in [6.07, 6.45) is 50.6. The molecule has 0 bridgehead atoms. The Hall–Kier alpha value is -1.47. The van der Waals surface area contributed by atoms with Crippen LogP contribution in [0.15, 0.2) is 36.5 Å². The Morgan fingerprint density at radius 1 is 0.463 bits per heavy atom. The normalized spacial score (nSPS) is 14.4. The molecule has 0 aliphatic heterocycles. The summed E-state index contributed by atoms with van der Waals surface area (Å²) in [5, 5.41) is 43.5. The Bertz CT molecular complexity index is 858. The van der Waals surface area contributed by atoms with E-state index < -0.39 is 36.9 Å². The molecule has 6 nitrogen and oxygen atoms in total. The number of unbranched alkanes of at least 4 members (excludes halogenated alkanes) is 27. The zero-order chi connectivity index (χ0) is 39.6. The van der Waals surface area contributed by atoms with Crippen molar-refractivity contribution >= 4 is 5.91 Å². The predicted molar refractivity (Wildman–Crippen MR) is 233 cm³/mol. The van der Waals surface area contributed by atoms with Crippen LogP contribution < -0.4 is 5.32 Å². The zero-order valence-electron chi connectivity index (χ0n) is 35.7. The van der Waals surface area contributed by atoms with Crippen molar-refractivity contribution in [3.63, 3.8) is 0 Å². The molecule has 54 heavy (non-hydrogen) atoms. The number of hydrogen-bond donors (Lipinski definition) is 5. The molecule has 5 N–H and O–H groups in total. The lowest BCUT2D eigenvalue weighted by molar-refractivity contribution is -0.132. The van der Waals surface area contributed by atoms with Crippen molar-refractivity contribution < 1.29 is 25.2 Å². The van der Waals surface area contributed by atoms with Crippen LogP contribution in [0.4, 0.5) is 0 Å². The van der Waals surface area contributed by atoms with E-state index in [0.29, 0.717) is 12.8 Å². The Labute approximate surface area is 335 Å². The van der Waals surface area contributed by atoms with Crippen molar-refractivity contribution in [2.75, 3.05) is 6.61 Å². The van der Waals surface area contributed by atoms with Crippen LogP contribution >= 0.6 is 0 Å². The first kappa shape index (κ1) is 52.5. The van der Waals surface area contributed by atoms with Crippen LogP contribution in [-0.4, -0.2) is 57.3 Å². The number of amides is 1. The van der Waals surface area contributed by atoms with E-state index in [1.54, 1.807) is 0 Å². The second-order valence-corrected chi connectivity index (χ2v) is 16.1. The van der Waals surface area contributed by atoms with Gasteiger partial charge in [0.1, 0.15) is 12.2 Å². The smallest absolute Gasteiger partial charge is 0.249 e. The van der Waals surface area contributed by atoms with Crippen LogP contribution in [0.2, 0.25) is 0 Å². The van der Waals surface area contributed by atoms with Crippen LogP contribution in [-0.2, 0) is 4.79 Å². The van der Waals surface area contributed by atoms with E-state index >= 15 is 0 Å². The quantitative estimate of drug-likeness (QED) is 0.0314. The molecule has 0 saturated carbocycles. The summed E-state index contributed by atoms with van der Waals surface area (Å²) in [4.78, 5) is 12.5. The van der Waals surface area contributed by atoms with Gasteiger partial charge >= 0.3 is 0 Å². The standard InChI is InChI=1S/C48H91NO5/c1-3-5-7-9-11-13-15-16-17-18-19-20-21-22-23-24-25-26-27-28-29-30-31-32-34-36-38-40-42-46(52)48(54)49-44(43-50)47(53)45(51)41-39-37-35-33-14-12-10-8-6-4-2/h19-20,22-23,33,35,44-47,50-53H,3-18,21,24-32,34,36-43H2,1-2H3,(H,49,54)/b20-19-,23-22-,35-33+. The molecule has 0 aliphatic carbocycles. The van der Waals surface area contributed by atoms with E-state index in [9.17, 15) is 25.2 Å². The second-order valence-electron chi connectivity index (χ2n) is 16.1. The summed E-state index contributed by atoms with van der Waals surface area (Å²) in [7, 11) is 0. The van der Waals surface area contributed by atoms with Gasteiger partial charge in [-0.25, -0.2) is 0 Å². The molecular weight excluding hydrogens is 671 g/mol. The number of carbonyl (C=O) groups excluding carboxylic acids is 1. The zero-order valence-corrected chi connectivity index (χ0v) is 35.7. The highest BCUT2D eigenvalue weighted by molar-refractivity contribution is 5.80. The van der Waals surface area contributed by atoms with Crippen molar-refractivity contribution in [3.05, 3.63) is 36.5 Å². The molecule has 0 aromatic rings. The molecule has 6 heteroatoms. The van der Waals surface area contributed by atoms with Gasteiger partial charge in [0.15, 0.2) is 0 Å². The number of carbonyl (C=O) groups is 1. The van der Waals surface area contributed by atoms with Gasteiger partial charge in [-0.2, -0.15) is 0 Å². The predicted octanol–water partition coefficient (Wildman–Crippen LogP) is 12.5. The molecule has 0 rings (SSSR count). The average Bonchev–Trinajstić information content (AvgIpc) is 3.18. The topological polar surface area (TPSA) is 110 Å². The third-order valence-corrected chi connectivity index (χ3v) is 10.8. The van der Waals surface area contributed by atoms with Crippen LogP contribution in [0.25, 0.3) is 0 Å². The van der Waals surface area contributed by atoms with Crippen LogP contribution in [0.1, 0.15) is 232 Å². The number of hydrogen-bond acceptors (Lipinski definition) is 5. The summed E-state index contributed by atoms with van der Waals surface area (Å²) in [5.41, 5.74) is 0. The van der Waals surface area contributed by atoms with E-state index in [0.717, 1.165) is 44.9 Å². The van der Waals surface area contributed by atoms with Gasteiger partial charge in [0, 0.05) is 0 Å². The van der Waals surface area contributed by atoms with Gasteiger partial charge in [-0.3, -0.25) is 4.79 Å². The van der Waals surface area contributed by atoms with Gasteiger partial charge in [-0.15, -0.1) is 0 Å². The van der Waals surface area contributed by atoms with E-state index in [2.05, 4.69) is 55.6 Å². The molecule has 0 fully saturated rings. The minimum atomic E-state index is -1.28. The van der Waals surface area contributed by atoms with Crippen molar-refractivity contribution in [3.8, 4) is 0 Å². The van der Waals surface area contributed by atoms with Gasteiger partial charge in [0.05, 0.1) is 18.8 Å². The van der Waals surface area contributed by atoms with E-state index in [-0.39, 0.29) is 0 Å². The van der Waals surface area contributed by atoms with Crippen LogP contribution in [0, 0.1) is 0 Å². The molecular formula is C48H91NO5. The van der Waals surface area contributed by atoms with Gasteiger partial charge in [0.25, 0.3) is 0 Å². The summed E-state index contributed by atoms with van der Waals surface area (Å²) >= 11 is 0. The molecule has 0 aliphatic rings. The average molecular weight is 762 g/mol. The number of allylic oxidation sites excluding steroid dienone is 6. The fourth-order valence-corrected chi connectivity index (χ4v) is 7.08. The van der Waals surface area contributed by atoms with Crippen LogP contribution in [0.5, 0.6) is 0 Å². The monoisotopic (exact) mass is 762 g/mol. The molecule has 318 valence electrons. The summed E-state index contributed by atoms with van der Waals surface area (Å²) in [6, 6.07) is -1.00. The lowest BCUT2D eigenvalue weighted by Gasteiger charge is -2.27. The van der Waals surface area contributed by atoms with Crippen molar-refractivity contribution in [1.82, 2.24) is 5.32 Å². The summed E-state index contributed by atoms with van der Waals surface area (Å²) in [6.45, 7) is 4.01. The van der Waals surface area contributed by atoms with Crippen molar-refractivity contribution in [2.45, 2.75) is 257 Å². The SMILES string of the molecule is CCCCCCC/C=C/CCCC(O)C(O)C(CO)NC(=O)C(O)CCCCCCCCCCCCCC/C=C\C/C=C\CCCCCCCCCCC. The Balaban J connectivity index is 3.65. The van der Waals surface area contributed by atoms with Crippen molar-refractivity contribution in [2.24, 2.45) is 0 Å². The highest BCUT2D eigenvalue weighted by Gasteiger charge is 2.28. The lowest BCUT2D eigenvalue weighted by atomic mass is 10.00. The van der Waals surface area contributed by atoms with Crippen LogP contribution in [0.3, 0.4) is 0 Å². The Morgan fingerprint density at radius 2 is 0.815 bits per heavy atom. The minimum Gasteiger partial charge on any atom is -0.394 e. The van der Waals surface area contributed by atoms with E-state index in [4.69, 9.17) is 0 Å². The fraction of sp³-hybridized carbons (Fsp3) is 0.854. The molecule has 0 aromatic heterocycles. The van der Waals surface area contributed by atoms with E-state index in [1.165, 1.54) is 161 Å². The van der Waals surface area contributed by atoms with Gasteiger partial charge in [0.2, 0.25) is 5.91 Å². The maximum absolute atomic E-state index is 12.5. The first-order chi connectivity index (χ1) is 26.5. The largest absolute Gasteiger partial charge is 0.394 e. The number of rotatable bonds is 42. The third kappa shape index (κ3) is 36.2. The molecule has 0 heterocycles. The molecule has 1 amide bonds. The van der Waals surface area contributed by atoms with Crippen molar-refractivity contribution in [1.29, 1.82) is 0 Å². The first-order valence-electron chi connectivity index (χ1n) is 23.4. The summed E-state index contributed by atoms with van der Waals surface area (Å²) < 4.78 is 0. The molecule has 4 atom stereocenters. The molecule has 0 saturated heterocycles. The molecule has 0 aromatic carbocycles. The highest BCUT2D eigenvalue weighted by atomic mass is 16.3. The summed E-state index contributed by atoms with van der Waals surface area (Å²) in [5.74, 6) is -0.596. The Kier molecular flexibility index (Phi) is 41.5. The Morgan fingerprint density at radius 3 is 1.22 bits per heavy atom.